The van der Waals surface area contributed by atoms with Gasteiger partial charge < -0.3 is 4.74 Å². The van der Waals surface area contributed by atoms with E-state index in [-0.39, 0.29) is 17.5 Å². The van der Waals surface area contributed by atoms with Crippen LogP contribution in [0.5, 0.6) is 0 Å². The second kappa shape index (κ2) is 3.31. The molecule has 0 radical (unpaired) electrons. The average Bonchev–Trinajstić information content (AvgIpc) is 2.09. The van der Waals surface area contributed by atoms with Crippen molar-refractivity contribution in [3.05, 3.63) is 11.6 Å². The van der Waals surface area contributed by atoms with Gasteiger partial charge in [0.1, 0.15) is 6.07 Å². The Morgan fingerprint density at radius 3 is 2.77 bits per heavy atom. The fourth-order valence-electron chi connectivity index (χ4n) is 1.52. The van der Waals surface area contributed by atoms with Crippen LogP contribution in [0, 0.1) is 16.7 Å². The lowest BCUT2D eigenvalue weighted by Gasteiger charge is -2.30. The van der Waals surface area contributed by atoms with Gasteiger partial charge in [0.05, 0.1) is 11.7 Å². The number of allylic oxidation sites excluding steroid dienone is 1. The Labute approximate surface area is 78.0 Å². The van der Waals surface area contributed by atoms with Crippen LogP contribution < -0.4 is 0 Å². The highest BCUT2D eigenvalue weighted by Crippen LogP contribution is 2.32. The van der Waals surface area contributed by atoms with E-state index in [1.165, 1.54) is 0 Å². The molecule has 0 fully saturated rings. The molecule has 1 aliphatic carbocycles. The molecule has 0 saturated heterocycles. The molecule has 0 bridgehead atoms. The lowest BCUT2D eigenvalue weighted by atomic mass is 9.75. The molecule has 1 atom stereocenters. The second-order valence-corrected chi connectivity index (χ2v) is 3.88. The zero-order valence-electron chi connectivity index (χ0n) is 8.13. The molecule has 1 rings (SSSR count). The smallest absolute Gasteiger partial charge is 0.178 e. The quantitative estimate of drug-likeness (QED) is 0.612. The number of ether oxygens (including phenoxy) is 1. The molecule has 1 aliphatic rings. The minimum absolute atomic E-state index is 0.0803. The summed E-state index contributed by atoms with van der Waals surface area (Å²) in [6.45, 7) is 3.68. The Morgan fingerprint density at radius 1 is 1.69 bits per heavy atom. The fraction of sp³-hybridized carbons (Fsp3) is 0.600. The van der Waals surface area contributed by atoms with Gasteiger partial charge in [-0.25, -0.2) is 0 Å². The van der Waals surface area contributed by atoms with Gasteiger partial charge >= 0.3 is 0 Å². The highest BCUT2D eigenvalue weighted by molar-refractivity contribution is 6.03. The van der Waals surface area contributed by atoms with Crippen LogP contribution in [0.2, 0.25) is 0 Å². The van der Waals surface area contributed by atoms with Crippen LogP contribution >= 0.6 is 0 Å². The zero-order valence-corrected chi connectivity index (χ0v) is 8.13. The lowest BCUT2D eigenvalue weighted by Crippen LogP contribution is -2.34. The summed E-state index contributed by atoms with van der Waals surface area (Å²) in [5, 5.41) is 8.71. The number of nitrogens with zero attached hydrogens (tertiary/aromatic N) is 1. The molecule has 0 N–H and O–H groups in total. The molecule has 0 aromatic heterocycles. The van der Waals surface area contributed by atoms with Crippen molar-refractivity contribution in [1.29, 1.82) is 5.26 Å². The summed E-state index contributed by atoms with van der Waals surface area (Å²) in [5.41, 5.74) is -0.247. The summed E-state index contributed by atoms with van der Waals surface area (Å²) in [4.78, 5) is 11.6. The van der Waals surface area contributed by atoms with Gasteiger partial charge in [0, 0.05) is 12.5 Å². The number of rotatable bonds is 1. The first-order valence-corrected chi connectivity index (χ1v) is 4.21. The van der Waals surface area contributed by atoms with Crippen molar-refractivity contribution in [1.82, 2.24) is 0 Å². The molecule has 0 aliphatic heterocycles. The van der Waals surface area contributed by atoms with Crippen LogP contribution in [0.4, 0.5) is 0 Å². The van der Waals surface area contributed by atoms with Crippen LogP contribution in [0.3, 0.4) is 0 Å². The molecular formula is C10H13NO2. The monoisotopic (exact) mass is 179 g/mol. The van der Waals surface area contributed by atoms with Crippen molar-refractivity contribution in [2.45, 2.75) is 26.4 Å². The first kappa shape index (κ1) is 9.94. The minimum Gasteiger partial charge on any atom is -0.377 e. The molecule has 70 valence electrons. The van der Waals surface area contributed by atoms with Gasteiger partial charge in [-0.3, -0.25) is 4.79 Å². The average molecular weight is 179 g/mol. The molecule has 0 heterocycles. The molecule has 13 heavy (non-hydrogen) atoms. The maximum Gasteiger partial charge on any atom is 0.178 e. The Bertz CT molecular complexity index is 297. The van der Waals surface area contributed by atoms with Gasteiger partial charge in [0.25, 0.3) is 0 Å². The lowest BCUT2D eigenvalue weighted by molar-refractivity contribution is -0.125. The Balaban J connectivity index is 3.03. The number of carbonyl (C=O) groups excluding carboxylic acids is 1. The number of methoxy groups -OCH3 is 1. The topological polar surface area (TPSA) is 50.1 Å². The van der Waals surface area contributed by atoms with Crippen LogP contribution in [-0.4, -0.2) is 19.0 Å². The SMILES string of the molecule is COC1C=C(C#N)C(=O)C(C)(C)C1. The number of hydrogen-bond acceptors (Lipinski definition) is 3. The molecule has 0 spiro atoms. The van der Waals surface area contributed by atoms with Crippen molar-refractivity contribution in [2.75, 3.05) is 7.11 Å². The Hall–Kier alpha value is -1.14. The highest BCUT2D eigenvalue weighted by Gasteiger charge is 2.36. The predicted octanol–water partition coefficient (Wildman–Crippen LogP) is 1.45. The third-order valence-corrected chi connectivity index (χ3v) is 2.35. The maximum atomic E-state index is 11.6. The van der Waals surface area contributed by atoms with Gasteiger partial charge in [0.2, 0.25) is 0 Å². The second-order valence-electron chi connectivity index (χ2n) is 3.88. The molecule has 0 amide bonds. The van der Waals surface area contributed by atoms with Gasteiger partial charge in [0.15, 0.2) is 5.78 Å². The van der Waals surface area contributed by atoms with Crippen LogP contribution in [0.1, 0.15) is 20.3 Å². The van der Waals surface area contributed by atoms with E-state index in [4.69, 9.17) is 10.00 Å². The van der Waals surface area contributed by atoms with E-state index in [0.717, 1.165) is 0 Å². The highest BCUT2D eigenvalue weighted by atomic mass is 16.5. The van der Waals surface area contributed by atoms with E-state index in [9.17, 15) is 4.79 Å². The molecule has 3 nitrogen and oxygen atoms in total. The van der Waals surface area contributed by atoms with Gasteiger partial charge in [-0.1, -0.05) is 13.8 Å². The summed E-state index contributed by atoms with van der Waals surface area (Å²) in [7, 11) is 1.59. The van der Waals surface area contributed by atoms with Crippen LogP contribution in [-0.2, 0) is 9.53 Å². The van der Waals surface area contributed by atoms with Crippen LogP contribution in [0.15, 0.2) is 11.6 Å². The third kappa shape index (κ3) is 1.78. The molecule has 3 heteroatoms. The summed E-state index contributed by atoms with van der Waals surface area (Å²) in [5.74, 6) is -0.0803. The number of nitriles is 1. The number of Topliss-reactive ketones (excluding diaryl/α,β-unsaturated/α-hetero) is 1. The standard InChI is InChI=1S/C10H13NO2/c1-10(2)5-8(13-3)4-7(6-11)9(10)12/h4,8H,5H2,1-3H3. The van der Waals surface area contributed by atoms with Crippen molar-refractivity contribution < 1.29 is 9.53 Å². The number of carbonyl (C=O) groups is 1. The number of ketones is 1. The predicted molar refractivity (Wildman–Crippen MR) is 47.9 cm³/mol. The van der Waals surface area contributed by atoms with E-state index in [0.29, 0.717) is 6.42 Å². The van der Waals surface area contributed by atoms with E-state index in [2.05, 4.69) is 0 Å². The van der Waals surface area contributed by atoms with E-state index >= 15 is 0 Å². The summed E-state index contributed by atoms with van der Waals surface area (Å²) < 4.78 is 5.13. The number of hydrogen-bond donors (Lipinski definition) is 0. The summed E-state index contributed by atoms with van der Waals surface area (Å²) >= 11 is 0. The fourth-order valence-corrected chi connectivity index (χ4v) is 1.52. The van der Waals surface area contributed by atoms with Gasteiger partial charge in [-0.05, 0) is 12.5 Å². The van der Waals surface area contributed by atoms with Crippen LogP contribution in [0.25, 0.3) is 0 Å². The van der Waals surface area contributed by atoms with Gasteiger partial charge in [-0.2, -0.15) is 5.26 Å². The first-order chi connectivity index (χ1) is 6.01. The molecular weight excluding hydrogens is 166 g/mol. The third-order valence-electron chi connectivity index (χ3n) is 2.35. The Morgan fingerprint density at radius 2 is 2.31 bits per heavy atom. The first-order valence-electron chi connectivity index (χ1n) is 4.21. The van der Waals surface area contributed by atoms with E-state index in [1.807, 2.05) is 19.9 Å². The summed E-state index contributed by atoms with van der Waals surface area (Å²) in [6.07, 6.45) is 2.14. The van der Waals surface area contributed by atoms with Gasteiger partial charge in [-0.15, -0.1) is 0 Å². The van der Waals surface area contributed by atoms with E-state index in [1.54, 1.807) is 13.2 Å². The Kier molecular flexibility index (Phi) is 2.53. The van der Waals surface area contributed by atoms with Crippen molar-refractivity contribution in [2.24, 2.45) is 5.41 Å². The molecule has 0 saturated carbocycles. The summed E-state index contributed by atoms with van der Waals surface area (Å²) in [6, 6.07) is 1.91. The largest absolute Gasteiger partial charge is 0.377 e. The van der Waals surface area contributed by atoms with Crippen molar-refractivity contribution in [3.63, 3.8) is 0 Å². The normalized spacial score (nSPS) is 26.5. The molecule has 0 aromatic rings. The molecule has 1 unspecified atom stereocenters. The van der Waals surface area contributed by atoms with Crippen molar-refractivity contribution >= 4 is 5.78 Å². The minimum atomic E-state index is -0.472. The zero-order chi connectivity index (χ0) is 10.1. The van der Waals surface area contributed by atoms with Crippen molar-refractivity contribution in [3.8, 4) is 6.07 Å². The maximum absolute atomic E-state index is 11.6. The van der Waals surface area contributed by atoms with E-state index < -0.39 is 5.41 Å². The molecule has 0 aromatic carbocycles.